The fraction of sp³-hybridized carbons (Fsp3) is 0.125. The maximum absolute atomic E-state index is 13.3. The first-order valence-corrected chi connectivity index (χ1v) is 10.4. The number of nitrogens with zero attached hydrogens (tertiary/aromatic N) is 4. The summed E-state index contributed by atoms with van der Waals surface area (Å²) in [6, 6.07) is 11.7. The summed E-state index contributed by atoms with van der Waals surface area (Å²) >= 11 is 0. The van der Waals surface area contributed by atoms with Crippen molar-refractivity contribution in [3.05, 3.63) is 88.9 Å². The van der Waals surface area contributed by atoms with Gasteiger partial charge in [-0.3, -0.25) is 14.3 Å². The molecule has 0 saturated heterocycles. The minimum atomic E-state index is -0.716. The highest BCUT2D eigenvalue weighted by atomic mass is 19.1. The summed E-state index contributed by atoms with van der Waals surface area (Å²) in [7, 11) is 0. The Hall–Kier alpha value is -4.60. The van der Waals surface area contributed by atoms with Crippen LogP contribution in [-0.2, 0) is 0 Å². The van der Waals surface area contributed by atoms with Gasteiger partial charge in [0, 0.05) is 30.1 Å². The predicted molar refractivity (Wildman–Crippen MR) is 125 cm³/mol. The fourth-order valence-corrected chi connectivity index (χ4v) is 3.07. The molecule has 1 amide bonds. The van der Waals surface area contributed by atoms with Gasteiger partial charge in [0.25, 0.3) is 5.91 Å². The molecule has 0 aliphatic heterocycles. The number of carbonyl (C=O) groups excluding carboxylic acids is 1. The first-order chi connectivity index (χ1) is 16.3. The first kappa shape index (κ1) is 22.6. The number of nitrogens with two attached hydrogens (primary N) is 1. The zero-order valence-electron chi connectivity index (χ0n) is 18.4. The summed E-state index contributed by atoms with van der Waals surface area (Å²) in [5.74, 6) is 0.287. The van der Waals surface area contributed by atoms with E-state index in [1.807, 2.05) is 13.8 Å². The number of pyridine rings is 2. The molecule has 34 heavy (non-hydrogen) atoms. The zero-order valence-corrected chi connectivity index (χ0v) is 18.4. The molecule has 0 unspecified atom stereocenters. The first-order valence-electron chi connectivity index (χ1n) is 10.4. The van der Waals surface area contributed by atoms with Gasteiger partial charge in [-0.2, -0.15) is 5.10 Å². The van der Waals surface area contributed by atoms with Crippen LogP contribution in [-0.4, -0.2) is 25.7 Å². The number of halogens is 1. The highest BCUT2D eigenvalue weighted by Crippen LogP contribution is 2.22. The highest BCUT2D eigenvalue weighted by molar-refractivity contribution is 6.02. The third kappa shape index (κ3) is 5.07. The summed E-state index contributed by atoms with van der Waals surface area (Å²) in [6.45, 7) is 3.73. The number of amides is 1. The van der Waals surface area contributed by atoms with Gasteiger partial charge in [0.15, 0.2) is 5.69 Å². The molecule has 0 aliphatic rings. The van der Waals surface area contributed by atoms with E-state index in [4.69, 9.17) is 10.5 Å². The number of hydrogen-bond acceptors (Lipinski definition) is 7. The molecule has 0 bridgehead atoms. The Kier molecular flexibility index (Phi) is 6.30. The number of rotatable bonds is 6. The Morgan fingerprint density at radius 2 is 1.85 bits per heavy atom. The molecule has 0 aliphatic carbocycles. The van der Waals surface area contributed by atoms with Crippen LogP contribution in [0.3, 0.4) is 0 Å². The molecule has 3 N–H and O–H groups in total. The number of carbonyl (C=O) groups is 1. The van der Waals surface area contributed by atoms with Crippen LogP contribution in [0.2, 0.25) is 0 Å². The van der Waals surface area contributed by atoms with E-state index in [0.29, 0.717) is 22.9 Å². The molecular weight excluding hydrogens is 439 g/mol. The maximum atomic E-state index is 13.3. The molecule has 0 saturated carbocycles. The van der Waals surface area contributed by atoms with E-state index in [1.54, 1.807) is 24.4 Å². The summed E-state index contributed by atoms with van der Waals surface area (Å²) < 4.78 is 20.5. The van der Waals surface area contributed by atoms with Crippen molar-refractivity contribution in [2.45, 2.75) is 19.9 Å². The lowest BCUT2D eigenvalue weighted by molar-refractivity contribution is 0.101. The molecule has 10 heteroatoms. The molecule has 0 fully saturated rings. The Bertz CT molecular complexity index is 1390. The average Bonchev–Trinajstić information content (AvgIpc) is 2.81. The van der Waals surface area contributed by atoms with Crippen molar-refractivity contribution in [2.24, 2.45) is 0 Å². The topological polar surface area (TPSA) is 125 Å². The molecule has 4 rings (SSSR count). The van der Waals surface area contributed by atoms with Crippen LogP contribution in [0, 0.1) is 5.82 Å². The van der Waals surface area contributed by atoms with Crippen molar-refractivity contribution in [3.8, 4) is 22.6 Å². The molecule has 0 atom stereocenters. The van der Waals surface area contributed by atoms with Crippen molar-refractivity contribution in [1.29, 1.82) is 0 Å². The smallest absolute Gasteiger partial charge is 0.281 e. The lowest BCUT2D eigenvalue weighted by atomic mass is 10.1. The number of aromatic nitrogens is 4. The minimum Gasteiger partial charge on any atom is -0.456 e. The van der Waals surface area contributed by atoms with Crippen LogP contribution in [0.5, 0.6) is 11.5 Å². The standard InChI is InChI=1S/C24H21FN6O3/c1-14(2)31-13-19(15-3-5-16(25)6-4-15)23(32)22(30-31)24(33)29-21-8-7-18(12-28-21)34-17-9-10-27-20(26)11-17/h3-14H,1-2H3,(H2,26,27)(H,28,29,33). The van der Waals surface area contributed by atoms with E-state index < -0.39 is 17.2 Å². The Morgan fingerprint density at radius 3 is 2.50 bits per heavy atom. The Morgan fingerprint density at radius 1 is 1.09 bits per heavy atom. The molecule has 3 aromatic heterocycles. The van der Waals surface area contributed by atoms with Gasteiger partial charge >= 0.3 is 0 Å². The summed E-state index contributed by atoms with van der Waals surface area (Å²) in [5, 5.41) is 6.78. The van der Waals surface area contributed by atoms with Crippen LogP contribution < -0.4 is 21.2 Å². The van der Waals surface area contributed by atoms with Crippen LogP contribution in [0.15, 0.2) is 71.9 Å². The zero-order chi connectivity index (χ0) is 24.2. The van der Waals surface area contributed by atoms with Gasteiger partial charge in [0.05, 0.1) is 6.20 Å². The average molecular weight is 460 g/mol. The number of anilines is 2. The minimum absolute atomic E-state index is 0.122. The second-order valence-electron chi connectivity index (χ2n) is 7.65. The van der Waals surface area contributed by atoms with Gasteiger partial charge in [-0.05, 0) is 49.7 Å². The number of benzene rings is 1. The second kappa shape index (κ2) is 9.49. The van der Waals surface area contributed by atoms with E-state index in [9.17, 15) is 14.0 Å². The van der Waals surface area contributed by atoms with Crippen molar-refractivity contribution >= 4 is 17.5 Å². The maximum Gasteiger partial charge on any atom is 0.281 e. The van der Waals surface area contributed by atoms with Gasteiger partial charge in [0.2, 0.25) is 5.43 Å². The lowest BCUT2D eigenvalue weighted by Gasteiger charge is -2.14. The van der Waals surface area contributed by atoms with Gasteiger partial charge in [-0.1, -0.05) is 12.1 Å². The van der Waals surface area contributed by atoms with Crippen LogP contribution in [0.25, 0.3) is 11.1 Å². The van der Waals surface area contributed by atoms with Crippen molar-refractivity contribution in [2.75, 3.05) is 11.1 Å². The molecule has 0 radical (unpaired) electrons. The fourth-order valence-electron chi connectivity index (χ4n) is 3.07. The third-order valence-corrected chi connectivity index (χ3v) is 4.80. The number of ether oxygens (including phenoxy) is 1. The monoisotopic (exact) mass is 460 g/mol. The molecule has 1 aromatic carbocycles. The van der Waals surface area contributed by atoms with E-state index in [-0.39, 0.29) is 23.1 Å². The predicted octanol–water partition coefficient (Wildman–Crippen LogP) is 4.05. The van der Waals surface area contributed by atoms with E-state index in [2.05, 4.69) is 20.4 Å². The van der Waals surface area contributed by atoms with Crippen LogP contribution >= 0.6 is 0 Å². The quantitative estimate of drug-likeness (QED) is 0.445. The van der Waals surface area contributed by atoms with Crippen molar-refractivity contribution in [3.63, 3.8) is 0 Å². The van der Waals surface area contributed by atoms with Crippen LogP contribution in [0.1, 0.15) is 30.4 Å². The molecule has 3 heterocycles. The summed E-state index contributed by atoms with van der Waals surface area (Å²) in [5.41, 5.74) is 5.48. The second-order valence-corrected chi connectivity index (χ2v) is 7.65. The number of hydrogen-bond donors (Lipinski definition) is 2. The van der Waals surface area contributed by atoms with Crippen LogP contribution in [0.4, 0.5) is 16.0 Å². The van der Waals surface area contributed by atoms with Gasteiger partial charge < -0.3 is 15.8 Å². The van der Waals surface area contributed by atoms with Gasteiger partial charge in [-0.25, -0.2) is 14.4 Å². The summed E-state index contributed by atoms with van der Waals surface area (Å²) in [6.07, 6.45) is 4.48. The van der Waals surface area contributed by atoms with Crippen molar-refractivity contribution < 1.29 is 13.9 Å². The highest BCUT2D eigenvalue weighted by Gasteiger charge is 2.19. The van der Waals surface area contributed by atoms with Crippen molar-refractivity contribution in [1.82, 2.24) is 19.7 Å². The lowest BCUT2D eigenvalue weighted by Crippen LogP contribution is -2.28. The molecule has 9 nitrogen and oxygen atoms in total. The van der Waals surface area contributed by atoms with E-state index in [1.165, 1.54) is 47.4 Å². The summed E-state index contributed by atoms with van der Waals surface area (Å²) in [4.78, 5) is 34.0. The number of nitrogens with one attached hydrogen (secondary N) is 1. The SMILES string of the molecule is CC(C)n1cc(-c2ccc(F)cc2)c(=O)c(C(=O)Nc2ccc(Oc3ccnc(N)c3)cn2)n1. The molecule has 4 aromatic rings. The molecule has 172 valence electrons. The largest absolute Gasteiger partial charge is 0.456 e. The van der Waals surface area contributed by atoms with Gasteiger partial charge in [0.1, 0.15) is 29.0 Å². The normalized spacial score (nSPS) is 10.8. The Balaban J connectivity index is 1.59. The Labute approximate surface area is 194 Å². The molecular formula is C24H21FN6O3. The third-order valence-electron chi connectivity index (χ3n) is 4.80. The van der Waals surface area contributed by atoms with Gasteiger partial charge in [-0.15, -0.1) is 0 Å². The molecule has 0 spiro atoms. The van der Waals surface area contributed by atoms with E-state index >= 15 is 0 Å². The van der Waals surface area contributed by atoms with E-state index in [0.717, 1.165) is 0 Å². The number of nitrogen functional groups attached to an aromatic ring is 1.